The third kappa shape index (κ3) is 4.07. The fourth-order valence-electron chi connectivity index (χ4n) is 3.43. The number of ether oxygens (including phenoxy) is 1. The molecule has 132 valence electrons. The van der Waals surface area contributed by atoms with Gasteiger partial charge in [-0.3, -0.25) is 9.89 Å². The zero-order chi connectivity index (χ0) is 17.8. The number of carbonyl (C=O) groups excluding carboxylic acids is 2. The summed E-state index contributed by atoms with van der Waals surface area (Å²) in [6.45, 7) is 5.49. The van der Waals surface area contributed by atoms with Gasteiger partial charge in [0.2, 0.25) is 0 Å². The first kappa shape index (κ1) is 17.2. The van der Waals surface area contributed by atoms with E-state index < -0.39 is 5.97 Å². The molecule has 1 aromatic carbocycles. The molecule has 1 amide bonds. The predicted molar refractivity (Wildman–Crippen MR) is 93.8 cm³/mol. The number of hydrogen-bond donors (Lipinski definition) is 1. The van der Waals surface area contributed by atoms with Crippen LogP contribution in [0.4, 0.5) is 0 Å². The zero-order valence-electron chi connectivity index (χ0n) is 14.6. The number of likely N-dealkylation sites (tertiary alicyclic amines) is 1. The molecule has 0 bridgehead atoms. The number of hydrogen-bond acceptors (Lipinski definition) is 4. The lowest BCUT2D eigenvalue weighted by Gasteiger charge is -2.34. The second-order valence-electron chi connectivity index (χ2n) is 6.85. The number of H-pyrrole nitrogens is 1. The molecule has 0 saturated carbocycles. The highest BCUT2D eigenvalue weighted by atomic mass is 16.5. The van der Waals surface area contributed by atoms with E-state index in [1.807, 2.05) is 30.3 Å². The Hall–Kier alpha value is -2.63. The van der Waals surface area contributed by atoms with E-state index in [9.17, 15) is 9.59 Å². The predicted octanol–water partition coefficient (Wildman–Crippen LogP) is 2.74. The first-order chi connectivity index (χ1) is 12.0. The summed E-state index contributed by atoms with van der Waals surface area (Å²) in [5, 5.41) is 6.75. The summed E-state index contributed by atoms with van der Waals surface area (Å²) in [6, 6.07) is 9.43. The molecule has 2 atom stereocenters. The molecule has 25 heavy (non-hydrogen) atoms. The first-order valence-electron chi connectivity index (χ1n) is 8.58. The average Bonchev–Trinajstić information content (AvgIpc) is 3.09. The van der Waals surface area contributed by atoms with Gasteiger partial charge in [0.15, 0.2) is 6.61 Å². The van der Waals surface area contributed by atoms with Gasteiger partial charge in [0.25, 0.3) is 5.91 Å². The van der Waals surface area contributed by atoms with Crippen LogP contribution < -0.4 is 0 Å². The van der Waals surface area contributed by atoms with Gasteiger partial charge in [0.1, 0.15) is 5.56 Å². The van der Waals surface area contributed by atoms with Gasteiger partial charge in [-0.05, 0) is 18.3 Å². The van der Waals surface area contributed by atoms with E-state index in [0.29, 0.717) is 23.1 Å². The van der Waals surface area contributed by atoms with Gasteiger partial charge in [0, 0.05) is 18.7 Å². The van der Waals surface area contributed by atoms with Crippen molar-refractivity contribution in [3.63, 3.8) is 0 Å². The maximum atomic E-state index is 12.4. The largest absolute Gasteiger partial charge is 0.452 e. The molecule has 6 heteroatoms. The molecule has 1 fully saturated rings. The molecular formula is C19H23N3O3. The summed E-state index contributed by atoms with van der Waals surface area (Å²) in [4.78, 5) is 26.5. The van der Waals surface area contributed by atoms with E-state index in [-0.39, 0.29) is 12.5 Å². The Kier molecular flexibility index (Phi) is 5.16. The van der Waals surface area contributed by atoms with Crippen molar-refractivity contribution in [3.8, 4) is 11.3 Å². The summed E-state index contributed by atoms with van der Waals surface area (Å²) in [7, 11) is 0. The van der Waals surface area contributed by atoms with Crippen molar-refractivity contribution in [2.45, 2.75) is 20.3 Å². The molecule has 0 spiro atoms. The molecular weight excluding hydrogens is 318 g/mol. The number of nitrogens with one attached hydrogen (secondary N) is 1. The van der Waals surface area contributed by atoms with Crippen molar-refractivity contribution in [1.82, 2.24) is 15.1 Å². The van der Waals surface area contributed by atoms with E-state index in [1.165, 1.54) is 6.20 Å². The number of aromatic nitrogens is 2. The number of esters is 1. The lowest BCUT2D eigenvalue weighted by atomic mass is 9.92. The third-order valence-corrected chi connectivity index (χ3v) is 4.47. The van der Waals surface area contributed by atoms with Crippen LogP contribution in [-0.2, 0) is 9.53 Å². The van der Waals surface area contributed by atoms with E-state index in [4.69, 9.17) is 4.74 Å². The van der Waals surface area contributed by atoms with Gasteiger partial charge in [-0.15, -0.1) is 0 Å². The molecule has 1 aliphatic heterocycles. The molecule has 2 heterocycles. The molecule has 1 aliphatic rings. The Balaban J connectivity index is 1.62. The monoisotopic (exact) mass is 341 g/mol. The first-order valence-corrected chi connectivity index (χ1v) is 8.58. The van der Waals surface area contributed by atoms with E-state index in [2.05, 4.69) is 24.0 Å². The molecule has 1 N–H and O–H groups in total. The number of piperidine rings is 1. The van der Waals surface area contributed by atoms with E-state index >= 15 is 0 Å². The van der Waals surface area contributed by atoms with Crippen LogP contribution in [0.2, 0.25) is 0 Å². The molecule has 3 rings (SSSR count). The van der Waals surface area contributed by atoms with Gasteiger partial charge < -0.3 is 9.64 Å². The summed E-state index contributed by atoms with van der Waals surface area (Å²) in [5.74, 6) is 0.263. The third-order valence-electron chi connectivity index (χ3n) is 4.47. The number of benzene rings is 1. The SMILES string of the molecule is C[C@H]1C[C@H](C)CN(C(=O)COC(=O)c2cn[nH]c2-c2ccccc2)C1. The van der Waals surface area contributed by atoms with Gasteiger partial charge in [-0.1, -0.05) is 44.2 Å². The Labute approximate surface area is 147 Å². The second-order valence-corrected chi connectivity index (χ2v) is 6.85. The number of carbonyl (C=O) groups is 2. The van der Waals surface area contributed by atoms with Crippen LogP contribution in [0.15, 0.2) is 36.5 Å². The molecule has 0 unspecified atom stereocenters. The number of amides is 1. The Bertz CT molecular complexity index is 731. The standard InChI is InChI=1S/C19H23N3O3/c1-13-8-14(2)11-22(10-13)17(23)12-25-19(24)16-9-20-21-18(16)15-6-4-3-5-7-15/h3-7,9,13-14H,8,10-12H2,1-2H3,(H,20,21)/t13-,14-/m0/s1. The molecule has 6 nitrogen and oxygen atoms in total. The highest BCUT2D eigenvalue weighted by Crippen LogP contribution is 2.22. The highest BCUT2D eigenvalue weighted by molar-refractivity contribution is 5.97. The summed E-state index contributed by atoms with van der Waals surface area (Å²) in [6.07, 6.45) is 2.55. The van der Waals surface area contributed by atoms with Gasteiger partial charge in [-0.25, -0.2) is 4.79 Å². The van der Waals surface area contributed by atoms with Crippen LogP contribution in [0, 0.1) is 11.8 Å². The Morgan fingerprint density at radius 2 is 1.88 bits per heavy atom. The minimum Gasteiger partial charge on any atom is -0.452 e. The lowest BCUT2D eigenvalue weighted by Crippen LogP contribution is -2.44. The fourth-order valence-corrected chi connectivity index (χ4v) is 3.43. The number of nitrogens with zero attached hydrogens (tertiary/aromatic N) is 2. The van der Waals surface area contributed by atoms with Crippen molar-refractivity contribution in [3.05, 3.63) is 42.1 Å². The average molecular weight is 341 g/mol. The van der Waals surface area contributed by atoms with Gasteiger partial charge >= 0.3 is 5.97 Å². The highest BCUT2D eigenvalue weighted by Gasteiger charge is 2.26. The topological polar surface area (TPSA) is 75.3 Å². The quantitative estimate of drug-likeness (QED) is 0.868. The summed E-state index contributed by atoms with van der Waals surface area (Å²) >= 11 is 0. The zero-order valence-corrected chi connectivity index (χ0v) is 14.6. The second kappa shape index (κ2) is 7.51. The van der Waals surface area contributed by atoms with Crippen molar-refractivity contribution in [1.29, 1.82) is 0 Å². The molecule has 1 aromatic heterocycles. The molecule has 0 radical (unpaired) electrons. The molecule has 2 aromatic rings. The van der Waals surface area contributed by atoms with Crippen molar-refractivity contribution < 1.29 is 14.3 Å². The maximum absolute atomic E-state index is 12.4. The van der Waals surface area contributed by atoms with Crippen molar-refractivity contribution in [2.75, 3.05) is 19.7 Å². The Morgan fingerprint density at radius 3 is 2.56 bits per heavy atom. The van der Waals surface area contributed by atoms with Crippen molar-refractivity contribution >= 4 is 11.9 Å². The van der Waals surface area contributed by atoms with E-state index in [0.717, 1.165) is 25.1 Å². The molecule has 0 aliphatic carbocycles. The van der Waals surface area contributed by atoms with Crippen molar-refractivity contribution in [2.24, 2.45) is 11.8 Å². The number of rotatable bonds is 4. The number of aromatic amines is 1. The smallest absolute Gasteiger partial charge is 0.342 e. The normalized spacial score (nSPS) is 20.3. The van der Waals surface area contributed by atoms with Crippen LogP contribution in [0.25, 0.3) is 11.3 Å². The van der Waals surface area contributed by atoms with Crippen LogP contribution in [0.5, 0.6) is 0 Å². The van der Waals surface area contributed by atoms with Crippen LogP contribution in [-0.4, -0.2) is 46.7 Å². The maximum Gasteiger partial charge on any atom is 0.342 e. The van der Waals surface area contributed by atoms with Crippen LogP contribution in [0.1, 0.15) is 30.6 Å². The minimum atomic E-state index is -0.543. The lowest BCUT2D eigenvalue weighted by molar-refractivity contribution is -0.137. The summed E-state index contributed by atoms with van der Waals surface area (Å²) in [5.41, 5.74) is 1.77. The van der Waals surface area contributed by atoms with Crippen LogP contribution >= 0.6 is 0 Å². The molecule has 1 saturated heterocycles. The van der Waals surface area contributed by atoms with Gasteiger partial charge in [-0.2, -0.15) is 5.10 Å². The fraction of sp³-hybridized carbons (Fsp3) is 0.421. The van der Waals surface area contributed by atoms with Crippen LogP contribution in [0.3, 0.4) is 0 Å². The minimum absolute atomic E-state index is 0.142. The van der Waals surface area contributed by atoms with E-state index in [1.54, 1.807) is 4.90 Å². The van der Waals surface area contributed by atoms with Gasteiger partial charge in [0.05, 0.1) is 11.9 Å². The Morgan fingerprint density at radius 1 is 1.20 bits per heavy atom. The summed E-state index contributed by atoms with van der Waals surface area (Å²) < 4.78 is 5.24.